The smallest absolute Gasteiger partial charge is 0.345 e. The third-order valence-corrected chi connectivity index (χ3v) is 5.82. The largest absolute Gasteiger partial charge is 0.477 e. The van der Waals surface area contributed by atoms with E-state index in [0.29, 0.717) is 12.3 Å². The van der Waals surface area contributed by atoms with Crippen molar-refractivity contribution in [2.45, 2.75) is 4.21 Å². The van der Waals surface area contributed by atoms with Gasteiger partial charge in [0.25, 0.3) is 0 Å². The highest BCUT2D eigenvalue weighted by molar-refractivity contribution is 7.99. The summed E-state index contributed by atoms with van der Waals surface area (Å²) in [7, 11) is -3.59. The summed E-state index contributed by atoms with van der Waals surface area (Å²) in [4.78, 5) is 10.7. The van der Waals surface area contributed by atoms with Gasteiger partial charge in [-0.3, -0.25) is 0 Å². The molecule has 2 N–H and O–H groups in total. The second-order valence-electron chi connectivity index (χ2n) is 3.19. The summed E-state index contributed by atoms with van der Waals surface area (Å²) < 4.78 is 26.0. The molecule has 0 aromatic carbocycles. The van der Waals surface area contributed by atoms with Gasteiger partial charge in [0.05, 0.1) is 0 Å². The minimum Gasteiger partial charge on any atom is -0.477 e. The van der Waals surface area contributed by atoms with Crippen molar-refractivity contribution in [2.24, 2.45) is 0 Å². The van der Waals surface area contributed by atoms with Crippen molar-refractivity contribution >= 4 is 39.1 Å². The number of carbonyl (C=O) groups is 1. The van der Waals surface area contributed by atoms with Gasteiger partial charge < -0.3 is 5.11 Å². The van der Waals surface area contributed by atoms with Gasteiger partial charge in [-0.1, -0.05) is 6.08 Å². The Morgan fingerprint density at radius 1 is 1.56 bits per heavy atom. The third kappa shape index (κ3) is 4.45. The number of aromatic carboxylic acids is 1. The quantitative estimate of drug-likeness (QED) is 0.563. The molecule has 0 spiro atoms. The van der Waals surface area contributed by atoms with Gasteiger partial charge in [0, 0.05) is 18.1 Å². The van der Waals surface area contributed by atoms with Crippen LogP contribution in [0, 0.1) is 0 Å². The van der Waals surface area contributed by atoms with Crippen LogP contribution in [-0.2, 0) is 10.0 Å². The number of nitrogens with one attached hydrogen (secondary N) is 1. The van der Waals surface area contributed by atoms with Crippen LogP contribution in [0.25, 0.3) is 0 Å². The summed E-state index contributed by atoms with van der Waals surface area (Å²) in [5, 5.41) is 8.72. The van der Waals surface area contributed by atoms with Crippen LogP contribution in [-0.4, -0.2) is 37.5 Å². The molecule has 0 saturated heterocycles. The first-order chi connectivity index (χ1) is 8.47. The van der Waals surface area contributed by atoms with Crippen LogP contribution < -0.4 is 4.72 Å². The van der Waals surface area contributed by atoms with Gasteiger partial charge in [-0.05, 0) is 12.1 Å². The molecule has 1 rings (SSSR count). The van der Waals surface area contributed by atoms with Gasteiger partial charge in [0.15, 0.2) is 0 Å². The molecule has 100 valence electrons. The number of hydrogen-bond acceptors (Lipinski definition) is 5. The molecule has 0 aliphatic carbocycles. The SMILES string of the molecule is C=CCSCCNS(=O)(=O)c1ccc(C(=O)O)s1. The normalized spacial score (nSPS) is 11.3. The van der Waals surface area contributed by atoms with Crippen molar-refractivity contribution in [3.63, 3.8) is 0 Å². The minimum atomic E-state index is -3.59. The second-order valence-corrected chi connectivity index (χ2v) is 7.41. The van der Waals surface area contributed by atoms with Crippen molar-refractivity contribution in [2.75, 3.05) is 18.1 Å². The lowest BCUT2D eigenvalue weighted by Crippen LogP contribution is -2.25. The van der Waals surface area contributed by atoms with Crippen LogP contribution in [0.15, 0.2) is 29.0 Å². The average molecular weight is 307 g/mol. The highest BCUT2D eigenvalue weighted by Crippen LogP contribution is 2.21. The third-order valence-electron chi connectivity index (χ3n) is 1.83. The topological polar surface area (TPSA) is 83.5 Å². The molecule has 1 heterocycles. The molecular weight excluding hydrogens is 294 g/mol. The lowest BCUT2D eigenvalue weighted by atomic mass is 10.5. The number of thioether (sulfide) groups is 1. The molecule has 0 unspecified atom stereocenters. The number of sulfonamides is 1. The van der Waals surface area contributed by atoms with Crippen molar-refractivity contribution in [1.82, 2.24) is 4.72 Å². The Labute approximate surface area is 114 Å². The van der Waals surface area contributed by atoms with E-state index in [1.54, 1.807) is 17.8 Å². The van der Waals surface area contributed by atoms with E-state index in [2.05, 4.69) is 11.3 Å². The van der Waals surface area contributed by atoms with Crippen LogP contribution >= 0.6 is 23.1 Å². The molecule has 0 atom stereocenters. The predicted molar refractivity (Wildman–Crippen MR) is 74.0 cm³/mol. The monoisotopic (exact) mass is 307 g/mol. The summed E-state index contributed by atoms with van der Waals surface area (Å²) in [6.07, 6.45) is 1.75. The Bertz CT molecular complexity index is 521. The molecule has 0 radical (unpaired) electrons. The fourth-order valence-corrected chi connectivity index (χ4v) is 4.00. The van der Waals surface area contributed by atoms with Crippen LogP contribution in [0.4, 0.5) is 0 Å². The highest BCUT2D eigenvalue weighted by atomic mass is 32.2. The zero-order chi connectivity index (χ0) is 13.6. The van der Waals surface area contributed by atoms with Crippen molar-refractivity contribution in [3.05, 3.63) is 29.7 Å². The van der Waals surface area contributed by atoms with E-state index in [1.165, 1.54) is 12.1 Å². The van der Waals surface area contributed by atoms with Gasteiger partial charge in [-0.25, -0.2) is 17.9 Å². The molecule has 0 aliphatic rings. The molecule has 18 heavy (non-hydrogen) atoms. The van der Waals surface area contributed by atoms with Crippen LogP contribution in [0.3, 0.4) is 0 Å². The zero-order valence-corrected chi connectivity index (χ0v) is 11.9. The maximum Gasteiger partial charge on any atom is 0.345 e. The molecule has 0 saturated carbocycles. The number of hydrogen-bond donors (Lipinski definition) is 2. The van der Waals surface area contributed by atoms with E-state index in [9.17, 15) is 13.2 Å². The van der Waals surface area contributed by atoms with E-state index < -0.39 is 16.0 Å². The van der Waals surface area contributed by atoms with Gasteiger partial charge in [-0.15, -0.1) is 17.9 Å². The molecule has 1 aromatic heterocycles. The molecule has 0 bridgehead atoms. The molecule has 1 aromatic rings. The predicted octanol–water partition coefficient (Wildman–Crippen LogP) is 1.64. The zero-order valence-electron chi connectivity index (χ0n) is 9.46. The van der Waals surface area contributed by atoms with E-state index in [4.69, 9.17) is 5.11 Å². The lowest BCUT2D eigenvalue weighted by molar-refractivity contribution is 0.0702. The van der Waals surface area contributed by atoms with Crippen LogP contribution in [0.1, 0.15) is 9.67 Å². The summed E-state index contributed by atoms with van der Waals surface area (Å²) in [5.41, 5.74) is 0. The van der Waals surface area contributed by atoms with Gasteiger partial charge >= 0.3 is 5.97 Å². The fourth-order valence-electron chi connectivity index (χ4n) is 1.07. The summed E-state index contributed by atoms with van der Waals surface area (Å²) in [5.74, 6) is 0.287. The van der Waals surface area contributed by atoms with Crippen LogP contribution in [0.2, 0.25) is 0 Å². The number of carboxylic acids is 1. The Morgan fingerprint density at radius 2 is 2.28 bits per heavy atom. The maximum atomic E-state index is 11.8. The Balaban J connectivity index is 2.57. The number of rotatable bonds is 8. The molecule has 5 nitrogen and oxygen atoms in total. The van der Waals surface area contributed by atoms with Crippen molar-refractivity contribution in [3.8, 4) is 0 Å². The maximum absolute atomic E-state index is 11.8. The van der Waals surface area contributed by atoms with E-state index >= 15 is 0 Å². The summed E-state index contributed by atoms with van der Waals surface area (Å²) in [6, 6.07) is 2.58. The van der Waals surface area contributed by atoms with Crippen molar-refractivity contribution < 1.29 is 18.3 Å². The molecule has 0 fully saturated rings. The first-order valence-corrected chi connectivity index (χ1v) is 8.44. The Hall–Kier alpha value is -0.830. The highest BCUT2D eigenvalue weighted by Gasteiger charge is 2.18. The van der Waals surface area contributed by atoms with E-state index in [1.807, 2.05) is 0 Å². The molecule has 8 heteroatoms. The Morgan fingerprint density at radius 3 is 2.83 bits per heavy atom. The Kier molecular flexibility index (Phi) is 5.86. The average Bonchev–Trinajstić information content (AvgIpc) is 2.78. The standard InChI is InChI=1S/C10H13NO4S3/c1-2-6-16-7-5-11-18(14,15)9-4-3-8(17-9)10(12)13/h2-4,11H,1,5-7H2,(H,12,13). The minimum absolute atomic E-state index is 0.0106. The van der Waals surface area contributed by atoms with E-state index in [-0.39, 0.29) is 9.09 Å². The first-order valence-electron chi connectivity index (χ1n) is 4.99. The molecular formula is C10H13NO4S3. The lowest BCUT2D eigenvalue weighted by Gasteiger charge is -2.03. The van der Waals surface area contributed by atoms with E-state index in [0.717, 1.165) is 17.1 Å². The summed E-state index contributed by atoms with van der Waals surface area (Å²) >= 11 is 2.31. The number of carboxylic acid groups (broad SMARTS) is 1. The van der Waals surface area contributed by atoms with Crippen LogP contribution in [0.5, 0.6) is 0 Å². The molecule has 0 amide bonds. The second kappa shape index (κ2) is 6.93. The first kappa shape index (κ1) is 15.2. The van der Waals surface area contributed by atoms with Crippen molar-refractivity contribution in [1.29, 1.82) is 0 Å². The van der Waals surface area contributed by atoms with Gasteiger partial charge in [0.1, 0.15) is 9.09 Å². The van der Waals surface area contributed by atoms with Gasteiger partial charge in [-0.2, -0.15) is 11.8 Å². The van der Waals surface area contributed by atoms with Gasteiger partial charge in [0.2, 0.25) is 10.0 Å². The summed E-state index contributed by atoms with van der Waals surface area (Å²) in [6.45, 7) is 3.87. The fraction of sp³-hybridized carbons (Fsp3) is 0.300. The molecule has 0 aliphatic heterocycles. The number of thiophene rings is 1.